The Hall–Kier alpha value is -0.563. The van der Waals surface area contributed by atoms with Crippen molar-refractivity contribution in [2.24, 2.45) is 5.92 Å². The molecule has 1 heteroatoms. The van der Waals surface area contributed by atoms with Crippen LogP contribution in [0.2, 0.25) is 18.1 Å². The normalized spacial score (nSPS) is 19.5. The molecule has 0 bridgehead atoms. The molecule has 1 aromatic carbocycles. The SMILES string of the molecule is CC(C)CC[Si]1(c2ccccc2)CCCCC1. The molecule has 1 aromatic rings. The third kappa shape index (κ3) is 3.22. The Morgan fingerprint density at radius 1 is 1.00 bits per heavy atom. The van der Waals surface area contributed by atoms with Crippen LogP contribution in [0.25, 0.3) is 0 Å². The molecule has 2 rings (SSSR count). The van der Waals surface area contributed by atoms with Crippen molar-refractivity contribution < 1.29 is 0 Å². The van der Waals surface area contributed by atoms with E-state index in [4.69, 9.17) is 0 Å². The Labute approximate surface area is 107 Å². The maximum atomic E-state index is 2.41. The van der Waals surface area contributed by atoms with E-state index < -0.39 is 8.07 Å². The minimum atomic E-state index is -1.12. The second kappa shape index (κ2) is 5.86. The van der Waals surface area contributed by atoms with Crippen molar-refractivity contribution in [3.63, 3.8) is 0 Å². The molecule has 1 fully saturated rings. The first-order valence-corrected chi connectivity index (χ1v) is 9.91. The molecule has 1 aliphatic heterocycles. The highest BCUT2D eigenvalue weighted by Gasteiger charge is 2.35. The van der Waals surface area contributed by atoms with Crippen LogP contribution < -0.4 is 5.19 Å². The number of rotatable bonds is 4. The van der Waals surface area contributed by atoms with Crippen LogP contribution in [0, 0.1) is 5.92 Å². The van der Waals surface area contributed by atoms with Crippen LogP contribution in [0.1, 0.15) is 39.5 Å². The minimum Gasteiger partial charge on any atom is -0.0630 e. The molecule has 0 N–H and O–H groups in total. The van der Waals surface area contributed by atoms with Gasteiger partial charge in [0.25, 0.3) is 0 Å². The quantitative estimate of drug-likeness (QED) is 0.683. The minimum absolute atomic E-state index is 0.866. The Morgan fingerprint density at radius 2 is 1.65 bits per heavy atom. The predicted molar refractivity (Wildman–Crippen MR) is 79.6 cm³/mol. The summed E-state index contributed by atoms with van der Waals surface area (Å²) in [6.45, 7) is 4.74. The largest absolute Gasteiger partial charge is 0.0867 e. The smallest absolute Gasteiger partial charge is 0.0630 e. The first-order valence-electron chi connectivity index (χ1n) is 7.28. The summed E-state index contributed by atoms with van der Waals surface area (Å²) in [7, 11) is -1.12. The van der Waals surface area contributed by atoms with Crippen LogP contribution in [-0.4, -0.2) is 8.07 Å². The standard InChI is InChI=1S/C16H26Si/c1-15(2)11-14-17(12-7-4-8-13-17)16-9-5-3-6-10-16/h3,5-6,9-10,15H,4,7-8,11-14H2,1-2H3. The Kier molecular flexibility index (Phi) is 4.44. The maximum absolute atomic E-state index is 2.41. The van der Waals surface area contributed by atoms with Crippen molar-refractivity contribution in [2.75, 3.05) is 0 Å². The summed E-state index contributed by atoms with van der Waals surface area (Å²) in [6, 6.07) is 16.1. The lowest BCUT2D eigenvalue weighted by Gasteiger charge is -2.36. The molecular weight excluding hydrogens is 220 g/mol. The van der Waals surface area contributed by atoms with Crippen LogP contribution in [0.5, 0.6) is 0 Å². The van der Waals surface area contributed by atoms with Gasteiger partial charge in [0.1, 0.15) is 0 Å². The number of hydrogen-bond donors (Lipinski definition) is 0. The van der Waals surface area contributed by atoms with Crippen molar-refractivity contribution in [1.82, 2.24) is 0 Å². The van der Waals surface area contributed by atoms with Crippen LogP contribution in [-0.2, 0) is 0 Å². The average molecular weight is 246 g/mol. The van der Waals surface area contributed by atoms with Gasteiger partial charge < -0.3 is 0 Å². The van der Waals surface area contributed by atoms with Gasteiger partial charge in [-0.3, -0.25) is 0 Å². The molecule has 0 aliphatic carbocycles. The van der Waals surface area contributed by atoms with E-state index >= 15 is 0 Å². The third-order valence-corrected chi connectivity index (χ3v) is 9.82. The molecule has 1 aliphatic rings. The fourth-order valence-corrected chi connectivity index (χ4v) is 8.77. The van der Waals surface area contributed by atoms with E-state index in [0.29, 0.717) is 0 Å². The van der Waals surface area contributed by atoms with E-state index in [0.717, 1.165) is 5.92 Å². The second-order valence-corrected chi connectivity index (χ2v) is 10.8. The lowest BCUT2D eigenvalue weighted by Crippen LogP contribution is -2.48. The third-order valence-electron chi connectivity index (χ3n) is 4.40. The molecule has 0 nitrogen and oxygen atoms in total. The zero-order valence-electron chi connectivity index (χ0n) is 11.4. The molecule has 1 saturated heterocycles. The summed E-state index contributed by atoms with van der Waals surface area (Å²) in [5.74, 6) is 0.866. The Bertz CT molecular complexity index is 323. The fourth-order valence-electron chi connectivity index (χ4n) is 3.27. The van der Waals surface area contributed by atoms with Gasteiger partial charge in [-0.25, -0.2) is 0 Å². The summed E-state index contributed by atoms with van der Waals surface area (Å²) in [6.07, 6.45) is 5.88. The molecule has 0 atom stereocenters. The highest BCUT2D eigenvalue weighted by atomic mass is 28.3. The van der Waals surface area contributed by atoms with E-state index in [-0.39, 0.29) is 0 Å². The van der Waals surface area contributed by atoms with Crippen molar-refractivity contribution >= 4 is 13.3 Å². The van der Waals surface area contributed by atoms with E-state index in [9.17, 15) is 0 Å². The van der Waals surface area contributed by atoms with E-state index in [1.54, 1.807) is 17.3 Å². The van der Waals surface area contributed by atoms with Gasteiger partial charge in [0.05, 0.1) is 8.07 Å². The van der Waals surface area contributed by atoms with Crippen LogP contribution >= 0.6 is 0 Å². The zero-order chi connectivity index (χ0) is 12.1. The second-order valence-electron chi connectivity index (χ2n) is 6.14. The van der Waals surface area contributed by atoms with Gasteiger partial charge in [-0.2, -0.15) is 0 Å². The zero-order valence-corrected chi connectivity index (χ0v) is 12.4. The molecule has 94 valence electrons. The first-order chi connectivity index (χ1) is 8.23. The molecule has 0 radical (unpaired) electrons. The fraction of sp³-hybridized carbons (Fsp3) is 0.625. The van der Waals surface area contributed by atoms with Gasteiger partial charge >= 0.3 is 0 Å². The highest BCUT2D eigenvalue weighted by molar-refractivity contribution is 6.92. The summed E-state index contributed by atoms with van der Waals surface area (Å²) in [5, 5.41) is 1.74. The van der Waals surface area contributed by atoms with Gasteiger partial charge in [0.2, 0.25) is 0 Å². The molecule has 0 spiro atoms. The van der Waals surface area contributed by atoms with Crippen molar-refractivity contribution in [1.29, 1.82) is 0 Å². The summed E-state index contributed by atoms with van der Waals surface area (Å²) in [4.78, 5) is 0. The Balaban J connectivity index is 2.17. The van der Waals surface area contributed by atoms with Crippen molar-refractivity contribution in [3.05, 3.63) is 30.3 Å². The molecule has 0 saturated carbocycles. The van der Waals surface area contributed by atoms with Gasteiger partial charge in [-0.05, 0) is 5.92 Å². The maximum Gasteiger partial charge on any atom is 0.0867 e. The Morgan fingerprint density at radius 3 is 2.24 bits per heavy atom. The van der Waals surface area contributed by atoms with E-state index in [1.807, 2.05) is 0 Å². The molecule has 17 heavy (non-hydrogen) atoms. The number of hydrogen-bond acceptors (Lipinski definition) is 0. The van der Waals surface area contributed by atoms with Gasteiger partial charge in [0.15, 0.2) is 0 Å². The monoisotopic (exact) mass is 246 g/mol. The summed E-state index contributed by atoms with van der Waals surface area (Å²) >= 11 is 0. The average Bonchev–Trinajstić information content (AvgIpc) is 2.39. The van der Waals surface area contributed by atoms with Crippen LogP contribution in [0.15, 0.2) is 30.3 Å². The van der Waals surface area contributed by atoms with E-state index in [1.165, 1.54) is 31.7 Å². The van der Waals surface area contributed by atoms with Crippen LogP contribution in [0.4, 0.5) is 0 Å². The summed E-state index contributed by atoms with van der Waals surface area (Å²) in [5.41, 5.74) is 0. The molecule has 0 unspecified atom stereocenters. The lowest BCUT2D eigenvalue weighted by atomic mass is 10.2. The van der Waals surface area contributed by atoms with Gasteiger partial charge in [-0.1, -0.05) is 93.2 Å². The lowest BCUT2D eigenvalue weighted by molar-refractivity contribution is 0.610. The topological polar surface area (TPSA) is 0 Å². The van der Waals surface area contributed by atoms with Gasteiger partial charge in [-0.15, -0.1) is 0 Å². The summed E-state index contributed by atoms with van der Waals surface area (Å²) < 4.78 is 0. The van der Waals surface area contributed by atoms with Gasteiger partial charge in [0, 0.05) is 0 Å². The van der Waals surface area contributed by atoms with Crippen molar-refractivity contribution in [3.8, 4) is 0 Å². The number of benzene rings is 1. The van der Waals surface area contributed by atoms with Crippen molar-refractivity contribution in [2.45, 2.75) is 57.7 Å². The highest BCUT2D eigenvalue weighted by Crippen LogP contribution is 2.33. The molecular formula is C16H26Si. The molecule has 1 heterocycles. The van der Waals surface area contributed by atoms with E-state index in [2.05, 4.69) is 44.2 Å². The molecule has 0 amide bonds. The molecule has 0 aromatic heterocycles. The predicted octanol–water partition coefficient (Wildman–Crippen LogP) is 4.57. The first kappa shape index (κ1) is 12.9. The van der Waals surface area contributed by atoms with Crippen LogP contribution in [0.3, 0.4) is 0 Å².